The lowest BCUT2D eigenvalue weighted by molar-refractivity contribution is -0.116. The lowest BCUT2D eigenvalue weighted by Crippen LogP contribution is -2.08. The number of rotatable bonds is 5. The van der Waals surface area contributed by atoms with Crippen LogP contribution in [0.1, 0.15) is 39.9 Å². The normalized spacial score (nSPS) is 15.4. The lowest BCUT2D eigenvalue weighted by Gasteiger charge is -2.10. The standard InChI is InChI=1S/C20H19N5O2S/c1-11-5-4-6-12(2)18(11)25-20(22-23-24-25)28-10-17(26)14-7-8-16-15(9-14)13(3)19(27)21-16/h4-9,13H,10H2,1-3H3,(H,21,27)/t13-/m1/s1. The number of Topliss-reactive ketones (excluding diaryl/α,β-unsaturated/α-hetero) is 1. The quantitative estimate of drug-likeness (QED) is 0.528. The number of nitrogens with zero attached hydrogens (tertiary/aromatic N) is 4. The van der Waals surface area contributed by atoms with Crippen LogP contribution in [0, 0.1) is 13.8 Å². The fourth-order valence-corrected chi connectivity index (χ4v) is 4.12. The highest BCUT2D eigenvalue weighted by molar-refractivity contribution is 7.99. The van der Waals surface area contributed by atoms with Gasteiger partial charge in [0.15, 0.2) is 5.78 Å². The predicted molar refractivity (Wildman–Crippen MR) is 107 cm³/mol. The fourth-order valence-electron chi connectivity index (χ4n) is 3.35. The molecule has 0 fully saturated rings. The Morgan fingerprint density at radius 1 is 1.21 bits per heavy atom. The number of tetrazole rings is 1. The summed E-state index contributed by atoms with van der Waals surface area (Å²) in [6.07, 6.45) is 0. The largest absolute Gasteiger partial charge is 0.325 e. The number of carbonyl (C=O) groups is 2. The van der Waals surface area contributed by atoms with E-state index in [0.29, 0.717) is 10.7 Å². The van der Waals surface area contributed by atoms with Crippen LogP contribution in [0.4, 0.5) is 5.69 Å². The van der Waals surface area contributed by atoms with Crippen molar-refractivity contribution in [2.24, 2.45) is 0 Å². The van der Waals surface area contributed by atoms with E-state index in [2.05, 4.69) is 20.8 Å². The molecule has 7 nitrogen and oxygen atoms in total. The Bertz CT molecular complexity index is 1070. The second kappa shape index (κ2) is 7.20. The molecule has 1 aromatic heterocycles. The number of nitrogens with one attached hydrogen (secondary N) is 1. The van der Waals surface area contributed by atoms with Gasteiger partial charge >= 0.3 is 0 Å². The number of para-hydroxylation sites is 1. The third-order valence-electron chi connectivity index (χ3n) is 4.92. The highest BCUT2D eigenvalue weighted by Crippen LogP contribution is 2.33. The Morgan fingerprint density at radius 3 is 2.71 bits per heavy atom. The molecule has 1 aliphatic heterocycles. The molecular formula is C20H19N5O2S. The number of aryl methyl sites for hydroxylation is 2. The number of hydrogen-bond donors (Lipinski definition) is 1. The monoisotopic (exact) mass is 393 g/mol. The molecule has 0 unspecified atom stereocenters. The highest BCUT2D eigenvalue weighted by Gasteiger charge is 2.27. The van der Waals surface area contributed by atoms with Crippen molar-refractivity contribution in [3.8, 4) is 5.69 Å². The van der Waals surface area contributed by atoms with Gasteiger partial charge in [0, 0.05) is 11.3 Å². The molecule has 1 atom stereocenters. The Labute approximate surface area is 166 Å². The number of anilines is 1. The van der Waals surface area contributed by atoms with Crippen LogP contribution >= 0.6 is 11.8 Å². The summed E-state index contributed by atoms with van der Waals surface area (Å²) in [6, 6.07) is 11.3. The molecule has 8 heteroatoms. The molecule has 0 saturated carbocycles. The number of fused-ring (bicyclic) bond motifs is 1. The van der Waals surface area contributed by atoms with Crippen molar-refractivity contribution in [2.45, 2.75) is 31.8 Å². The summed E-state index contributed by atoms with van der Waals surface area (Å²) in [7, 11) is 0. The Hall–Kier alpha value is -3.00. The molecule has 1 aliphatic rings. The van der Waals surface area contributed by atoms with Crippen molar-refractivity contribution in [1.29, 1.82) is 0 Å². The molecule has 28 heavy (non-hydrogen) atoms. The van der Waals surface area contributed by atoms with Gasteiger partial charge in [0.05, 0.1) is 17.4 Å². The Balaban J connectivity index is 1.53. The first-order chi connectivity index (χ1) is 13.5. The zero-order valence-electron chi connectivity index (χ0n) is 15.8. The molecule has 0 radical (unpaired) electrons. The average Bonchev–Trinajstić information content (AvgIpc) is 3.24. The maximum Gasteiger partial charge on any atom is 0.231 e. The van der Waals surface area contributed by atoms with Crippen LogP contribution in [0.25, 0.3) is 5.69 Å². The van der Waals surface area contributed by atoms with Gasteiger partial charge in [-0.2, -0.15) is 4.68 Å². The molecule has 2 heterocycles. The number of hydrogen-bond acceptors (Lipinski definition) is 6. The van der Waals surface area contributed by atoms with Crippen LogP contribution in [0.3, 0.4) is 0 Å². The summed E-state index contributed by atoms with van der Waals surface area (Å²) in [5.41, 5.74) is 5.27. The average molecular weight is 393 g/mol. The van der Waals surface area contributed by atoms with Crippen molar-refractivity contribution in [1.82, 2.24) is 20.2 Å². The molecule has 2 aromatic carbocycles. The third kappa shape index (κ3) is 3.20. The van der Waals surface area contributed by atoms with E-state index in [1.807, 2.05) is 39.0 Å². The van der Waals surface area contributed by atoms with Gasteiger partial charge < -0.3 is 5.32 Å². The van der Waals surface area contributed by atoms with Crippen molar-refractivity contribution in [3.05, 3.63) is 58.7 Å². The van der Waals surface area contributed by atoms with Crippen LogP contribution in [0.5, 0.6) is 0 Å². The molecule has 3 aromatic rings. The smallest absolute Gasteiger partial charge is 0.231 e. The second-order valence-corrected chi connectivity index (χ2v) is 7.78. The highest BCUT2D eigenvalue weighted by atomic mass is 32.2. The molecule has 4 rings (SSSR count). The number of ketones is 1. The topological polar surface area (TPSA) is 89.8 Å². The summed E-state index contributed by atoms with van der Waals surface area (Å²) in [6.45, 7) is 5.85. The molecule has 0 saturated heterocycles. The SMILES string of the molecule is Cc1cccc(C)c1-n1nnnc1SCC(=O)c1ccc2c(c1)[C@@H](C)C(=O)N2. The second-order valence-electron chi connectivity index (χ2n) is 6.84. The van der Waals surface area contributed by atoms with Gasteiger partial charge in [-0.3, -0.25) is 9.59 Å². The Kier molecular flexibility index (Phi) is 4.72. The molecule has 1 N–H and O–H groups in total. The lowest BCUT2D eigenvalue weighted by atomic mass is 9.99. The van der Waals surface area contributed by atoms with E-state index >= 15 is 0 Å². The maximum absolute atomic E-state index is 12.7. The molecule has 0 aliphatic carbocycles. The van der Waals surface area contributed by atoms with Crippen LogP contribution in [0.2, 0.25) is 0 Å². The fraction of sp³-hybridized carbons (Fsp3) is 0.250. The first-order valence-electron chi connectivity index (χ1n) is 8.91. The summed E-state index contributed by atoms with van der Waals surface area (Å²) in [5.74, 6) is -0.108. The summed E-state index contributed by atoms with van der Waals surface area (Å²) >= 11 is 1.30. The van der Waals surface area contributed by atoms with E-state index in [4.69, 9.17) is 0 Å². The molecule has 0 spiro atoms. The summed E-state index contributed by atoms with van der Waals surface area (Å²) in [4.78, 5) is 24.5. The van der Waals surface area contributed by atoms with Crippen molar-refractivity contribution in [2.75, 3.05) is 11.1 Å². The Morgan fingerprint density at radius 2 is 1.96 bits per heavy atom. The maximum atomic E-state index is 12.7. The van der Waals surface area contributed by atoms with Crippen molar-refractivity contribution in [3.63, 3.8) is 0 Å². The van der Waals surface area contributed by atoms with E-state index in [-0.39, 0.29) is 23.4 Å². The molecule has 1 amide bonds. The first kappa shape index (κ1) is 18.4. The molecule has 142 valence electrons. The number of thioether (sulfide) groups is 1. The van der Waals surface area contributed by atoms with Gasteiger partial charge in [-0.15, -0.1) is 5.10 Å². The van der Waals surface area contributed by atoms with E-state index in [9.17, 15) is 9.59 Å². The predicted octanol–water partition coefficient (Wildman–Crippen LogP) is 3.31. The van der Waals surface area contributed by atoms with Gasteiger partial charge in [-0.1, -0.05) is 30.0 Å². The van der Waals surface area contributed by atoms with Gasteiger partial charge in [-0.05, 0) is 66.1 Å². The number of aromatic nitrogens is 4. The van der Waals surface area contributed by atoms with Gasteiger partial charge in [0.25, 0.3) is 0 Å². The third-order valence-corrected chi connectivity index (χ3v) is 5.84. The van der Waals surface area contributed by atoms with Crippen LogP contribution in [-0.2, 0) is 4.79 Å². The zero-order valence-corrected chi connectivity index (χ0v) is 16.6. The minimum atomic E-state index is -0.244. The molecular weight excluding hydrogens is 374 g/mol. The molecule has 0 bridgehead atoms. The summed E-state index contributed by atoms with van der Waals surface area (Å²) < 4.78 is 1.68. The number of benzene rings is 2. The van der Waals surface area contributed by atoms with E-state index in [1.165, 1.54) is 11.8 Å². The summed E-state index contributed by atoms with van der Waals surface area (Å²) in [5, 5.41) is 15.3. The van der Waals surface area contributed by atoms with Crippen molar-refractivity contribution >= 4 is 29.1 Å². The minimum Gasteiger partial charge on any atom is -0.325 e. The van der Waals surface area contributed by atoms with Crippen molar-refractivity contribution < 1.29 is 9.59 Å². The van der Waals surface area contributed by atoms with E-state index in [1.54, 1.807) is 22.9 Å². The van der Waals surface area contributed by atoms with Gasteiger partial charge in [0.1, 0.15) is 0 Å². The van der Waals surface area contributed by atoms with Gasteiger partial charge in [0.2, 0.25) is 11.1 Å². The number of carbonyl (C=O) groups excluding carboxylic acids is 2. The van der Waals surface area contributed by atoms with Gasteiger partial charge in [-0.25, -0.2) is 0 Å². The first-order valence-corrected chi connectivity index (χ1v) is 9.90. The van der Waals surface area contributed by atoms with Crippen LogP contribution in [-0.4, -0.2) is 37.7 Å². The van der Waals surface area contributed by atoms with Crippen LogP contribution in [0.15, 0.2) is 41.6 Å². The zero-order chi connectivity index (χ0) is 19.8. The minimum absolute atomic E-state index is 0.0320. The van der Waals surface area contributed by atoms with E-state index < -0.39 is 0 Å². The van der Waals surface area contributed by atoms with E-state index in [0.717, 1.165) is 28.1 Å². The number of amides is 1. The van der Waals surface area contributed by atoms with Crippen LogP contribution < -0.4 is 5.32 Å².